The van der Waals surface area contributed by atoms with E-state index in [-0.39, 0.29) is 17.3 Å². The predicted octanol–water partition coefficient (Wildman–Crippen LogP) is 3.58. The molecule has 0 atom stereocenters. The molecule has 3 amide bonds. The van der Waals surface area contributed by atoms with Crippen LogP contribution in [0.15, 0.2) is 54.9 Å². The lowest BCUT2D eigenvalue weighted by Crippen LogP contribution is -2.41. The van der Waals surface area contributed by atoms with E-state index >= 15 is 0 Å². The van der Waals surface area contributed by atoms with Crippen LogP contribution in [0, 0.1) is 5.82 Å². The lowest BCUT2D eigenvalue weighted by Gasteiger charge is -2.20. The number of amides is 3. The second-order valence-electron chi connectivity index (χ2n) is 7.82. The maximum absolute atomic E-state index is 13.0. The van der Waals surface area contributed by atoms with E-state index in [1.165, 1.54) is 30.6 Å². The number of hydrogen-bond donors (Lipinski definition) is 4. The second-order valence-corrected chi connectivity index (χ2v) is 7.82. The van der Waals surface area contributed by atoms with Crippen molar-refractivity contribution in [3.63, 3.8) is 0 Å². The minimum Gasteiger partial charge on any atom is -0.346 e. The number of benzene rings is 2. The van der Waals surface area contributed by atoms with E-state index in [0.717, 1.165) is 0 Å². The summed E-state index contributed by atoms with van der Waals surface area (Å²) in [5.41, 5.74) is 0.834. The topological polar surface area (TPSA) is 116 Å². The van der Waals surface area contributed by atoms with Crippen molar-refractivity contribution in [3.8, 4) is 0 Å². The van der Waals surface area contributed by atoms with E-state index in [1.54, 1.807) is 24.3 Å². The van der Waals surface area contributed by atoms with Crippen molar-refractivity contribution in [2.45, 2.75) is 26.3 Å². The molecule has 160 valence electrons. The number of rotatable bonds is 5. The zero-order valence-electron chi connectivity index (χ0n) is 17.2. The van der Waals surface area contributed by atoms with Gasteiger partial charge >= 0.3 is 0 Å². The number of aromatic amines is 1. The molecule has 9 heteroatoms. The number of anilines is 2. The number of imidazole rings is 1. The molecule has 4 N–H and O–H groups in total. The van der Waals surface area contributed by atoms with E-state index in [9.17, 15) is 18.8 Å². The molecule has 31 heavy (non-hydrogen) atoms. The van der Waals surface area contributed by atoms with Crippen LogP contribution in [0.3, 0.4) is 0 Å². The molecule has 2 aromatic carbocycles. The van der Waals surface area contributed by atoms with Gasteiger partial charge in [0.2, 0.25) is 0 Å². The Morgan fingerprint density at radius 3 is 1.94 bits per heavy atom. The average Bonchev–Trinajstić information content (AvgIpc) is 3.19. The first-order valence-corrected chi connectivity index (χ1v) is 9.46. The smallest absolute Gasteiger partial charge is 0.276 e. The van der Waals surface area contributed by atoms with E-state index in [2.05, 4.69) is 25.9 Å². The highest BCUT2D eigenvalue weighted by molar-refractivity contribution is 6.10. The first-order chi connectivity index (χ1) is 14.6. The predicted molar refractivity (Wildman–Crippen MR) is 115 cm³/mol. The molecule has 0 aliphatic carbocycles. The van der Waals surface area contributed by atoms with Crippen LogP contribution in [-0.4, -0.2) is 33.2 Å². The van der Waals surface area contributed by atoms with Gasteiger partial charge in [-0.25, -0.2) is 9.37 Å². The molecule has 1 heterocycles. The second kappa shape index (κ2) is 8.78. The largest absolute Gasteiger partial charge is 0.346 e. The van der Waals surface area contributed by atoms with Crippen molar-refractivity contribution >= 4 is 29.1 Å². The third-order valence-corrected chi connectivity index (χ3v) is 4.08. The SMILES string of the molecule is CC(C)(C)NC(=O)c1[nH]cnc1C(=O)Nc1ccc(NC(=O)c2ccc(F)cc2)cc1. The molecular formula is C22H22FN5O3. The molecule has 3 rings (SSSR count). The van der Waals surface area contributed by atoms with Gasteiger partial charge in [-0.15, -0.1) is 0 Å². The third-order valence-electron chi connectivity index (χ3n) is 4.08. The number of aromatic nitrogens is 2. The van der Waals surface area contributed by atoms with E-state index in [0.29, 0.717) is 16.9 Å². The van der Waals surface area contributed by atoms with Gasteiger partial charge in [0, 0.05) is 22.5 Å². The molecule has 3 aromatic rings. The standard InChI is InChI=1S/C22H22FN5O3/c1-22(2,3)28-21(31)18-17(24-12-25-18)20(30)27-16-10-8-15(9-11-16)26-19(29)13-4-6-14(23)7-5-13/h4-12H,1-3H3,(H,24,25)(H,26,29)(H,27,30)(H,28,31). The summed E-state index contributed by atoms with van der Waals surface area (Å²) in [4.78, 5) is 43.8. The van der Waals surface area contributed by atoms with Crippen molar-refractivity contribution in [2.75, 3.05) is 10.6 Å². The van der Waals surface area contributed by atoms with Crippen molar-refractivity contribution in [3.05, 3.63) is 77.6 Å². The molecule has 0 bridgehead atoms. The van der Waals surface area contributed by atoms with Gasteiger partial charge in [0.1, 0.15) is 11.5 Å². The van der Waals surface area contributed by atoms with Crippen LogP contribution >= 0.6 is 0 Å². The molecule has 0 aliphatic heterocycles. The number of halogens is 1. The molecule has 0 spiro atoms. The van der Waals surface area contributed by atoms with Crippen molar-refractivity contribution in [1.29, 1.82) is 0 Å². The van der Waals surface area contributed by atoms with Crippen LogP contribution in [0.2, 0.25) is 0 Å². The minimum atomic E-state index is -0.552. The van der Waals surface area contributed by atoms with Gasteiger partial charge in [0.05, 0.1) is 6.33 Å². The Labute approximate surface area is 178 Å². The molecule has 0 aliphatic rings. The van der Waals surface area contributed by atoms with Crippen LogP contribution in [0.1, 0.15) is 52.1 Å². The monoisotopic (exact) mass is 423 g/mol. The quantitative estimate of drug-likeness (QED) is 0.502. The number of nitrogens with one attached hydrogen (secondary N) is 4. The fraction of sp³-hybridized carbons (Fsp3) is 0.182. The number of nitrogens with zero attached hydrogens (tertiary/aromatic N) is 1. The maximum atomic E-state index is 13.0. The molecule has 0 fully saturated rings. The Morgan fingerprint density at radius 1 is 0.839 bits per heavy atom. The fourth-order valence-corrected chi connectivity index (χ4v) is 2.67. The van der Waals surface area contributed by atoms with Crippen LogP contribution in [0.5, 0.6) is 0 Å². The van der Waals surface area contributed by atoms with Crippen molar-refractivity contribution in [1.82, 2.24) is 15.3 Å². The van der Waals surface area contributed by atoms with Gasteiger partial charge in [-0.05, 0) is 69.3 Å². The highest BCUT2D eigenvalue weighted by Gasteiger charge is 2.23. The van der Waals surface area contributed by atoms with E-state index in [1.807, 2.05) is 20.8 Å². The zero-order chi connectivity index (χ0) is 22.6. The fourth-order valence-electron chi connectivity index (χ4n) is 2.67. The normalized spacial score (nSPS) is 11.0. The Balaban J connectivity index is 1.64. The van der Waals surface area contributed by atoms with Crippen molar-refractivity contribution < 1.29 is 18.8 Å². The van der Waals surface area contributed by atoms with Gasteiger partial charge in [-0.1, -0.05) is 0 Å². The molecule has 1 aromatic heterocycles. The summed E-state index contributed by atoms with van der Waals surface area (Å²) in [6, 6.07) is 11.6. The van der Waals surface area contributed by atoms with Crippen LogP contribution in [0.4, 0.5) is 15.8 Å². The highest BCUT2D eigenvalue weighted by Crippen LogP contribution is 2.16. The lowest BCUT2D eigenvalue weighted by molar-refractivity contribution is 0.0904. The Hall–Kier alpha value is -4.01. The van der Waals surface area contributed by atoms with E-state index < -0.39 is 23.2 Å². The van der Waals surface area contributed by atoms with Gasteiger partial charge in [0.25, 0.3) is 17.7 Å². The summed E-state index contributed by atoms with van der Waals surface area (Å²) in [5, 5.41) is 8.12. The first-order valence-electron chi connectivity index (χ1n) is 9.46. The Bertz CT molecular complexity index is 1100. The summed E-state index contributed by atoms with van der Waals surface area (Å²) in [5.74, 6) is -1.80. The number of carbonyl (C=O) groups is 3. The van der Waals surface area contributed by atoms with Gasteiger partial charge in [-0.2, -0.15) is 0 Å². The summed E-state index contributed by atoms with van der Waals surface area (Å²) in [6.07, 6.45) is 1.28. The van der Waals surface area contributed by atoms with Gasteiger partial charge in [-0.3, -0.25) is 14.4 Å². The maximum Gasteiger partial charge on any atom is 0.276 e. The summed E-state index contributed by atoms with van der Waals surface area (Å²) < 4.78 is 13.0. The Kier molecular flexibility index (Phi) is 6.15. The summed E-state index contributed by atoms with van der Waals surface area (Å²) >= 11 is 0. The number of H-pyrrole nitrogens is 1. The molecular weight excluding hydrogens is 401 g/mol. The number of carbonyl (C=O) groups excluding carboxylic acids is 3. The highest BCUT2D eigenvalue weighted by atomic mass is 19.1. The van der Waals surface area contributed by atoms with Crippen molar-refractivity contribution in [2.24, 2.45) is 0 Å². The zero-order valence-corrected chi connectivity index (χ0v) is 17.2. The molecule has 0 radical (unpaired) electrons. The average molecular weight is 423 g/mol. The Morgan fingerprint density at radius 2 is 1.39 bits per heavy atom. The summed E-state index contributed by atoms with van der Waals surface area (Å²) in [7, 11) is 0. The molecule has 0 saturated carbocycles. The molecule has 8 nitrogen and oxygen atoms in total. The third kappa shape index (κ3) is 5.75. The first kappa shape index (κ1) is 21.7. The molecule has 0 unspecified atom stereocenters. The molecule has 0 saturated heterocycles. The van der Waals surface area contributed by atoms with E-state index in [4.69, 9.17) is 0 Å². The number of hydrogen-bond acceptors (Lipinski definition) is 4. The van der Waals surface area contributed by atoms with Crippen LogP contribution < -0.4 is 16.0 Å². The summed E-state index contributed by atoms with van der Waals surface area (Å²) in [6.45, 7) is 5.49. The van der Waals surface area contributed by atoms with Crippen LogP contribution in [-0.2, 0) is 0 Å². The minimum absolute atomic E-state index is 0.0320. The van der Waals surface area contributed by atoms with Gasteiger partial charge in [0.15, 0.2) is 5.69 Å². The van der Waals surface area contributed by atoms with Gasteiger partial charge < -0.3 is 20.9 Å². The lowest BCUT2D eigenvalue weighted by atomic mass is 10.1. The van der Waals surface area contributed by atoms with Crippen LogP contribution in [0.25, 0.3) is 0 Å².